The fraction of sp³-hybridized carbons (Fsp3) is 0.750. The first-order chi connectivity index (χ1) is 27.4. The van der Waals surface area contributed by atoms with Crippen molar-refractivity contribution in [2.75, 3.05) is 49.3 Å². The van der Waals surface area contributed by atoms with Gasteiger partial charge in [0.25, 0.3) is 0 Å². The third-order valence-corrected chi connectivity index (χ3v) is 23.7. The first kappa shape index (κ1) is 57.1. The van der Waals surface area contributed by atoms with Crippen LogP contribution in [0.4, 0.5) is 0 Å². The zero-order valence-electron chi connectivity index (χ0n) is 39.0. The fourth-order valence-electron chi connectivity index (χ4n) is 8.06. The van der Waals surface area contributed by atoms with Crippen LogP contribution in [0.2, 0.25) is 0 Å². The molecule has 0 spiro atoms. The first-order valence-corrected chi connectivity index (χ1v) is 31.0. The van der Waals surface area contributed by atoms with Crippen LogP contribution in [0, 0.1) is 27.7 Å². The van der Waals surface area contributed by atoms with Crippen LogP contribution in [0.1, 0.15) is 179 Å². The Morgan fingerprint density at radius 1 is 0.379 bits per heavy atom. The molecule has 2 rings (SSSR count). The molecule has 58 heavy (non-hydrogen) atoms. The Labute approximate surface area is 361 Å². The molecule has 0 fully saturated rings. The quantitative estimate of drug-likeness (QED) is 0.0456. The molecule has 0 N–H and O–H groups in total. The third kappa shape index (κ3) is 25.2. The summed E-state index contributed by atoms with van der Waals surface area (Å²) in [7, 11) is -9.92. The van der Waals surface area contributed by atoms with E-state index in [4.69, 9.17) is 0 Å². The highest BCUT2D eigenvalue weighted by molar-refractivity contribution is 7.86. The predicted octanol–water partition coefficient (Wildman–Crippen LogP) is 14.6. The Bertz CT molecular complexity index is 1420. The highest BCUT2D eigenvalue weighted by Gasteiger charge is 2.35. The van der Waals surface area contributed by atoms with Crippen molar-refractivity contribution in [1.82, 2.24) is 0 Å². The Morgan fingerprint density at radius 2 is 0.603 bits per heavy atom. The maximum Gasteiger partial charge on any atom is 0.124 e. The zero-order valence-corrected chi connectivity index (χ0v) is 42.4. The standard InChI is InChI=1S/C32H70P2.2C8H10O3S/c1-7-13-25-33(26-14-8-2,27-15-9-3)31-23-21-19-20-22-24-32-34(28-16-10-4,29-17-11-5)30-18-12-6;2*1-6-3-4-8(7(2)5-6)12(9,10)11/h7-32H2,1-6H3;2*3-5H,1-2H3,(H,9,10,11)/q+2;;/p-2. The van der Waals surface area contributed by atoms with Gasteiger partial charge < -0.3 is 9.11 Å². The largest absolute Gasteiger partial charge is 0.744 e. The molecule has 0 radical (unpaired) electrons. The summed E-state index contributed by atoms with van der Waals surface area (Å²) in [6.45, 7) is 21.3. The number of aryl methyl sites for hydroxylation is 4. The lowest BCUT2D eigenvalue weighted by Gasteiger charge is -2.28. The van der Waals surface area contributed by atoms with E-state index in [1.165, 1.54) is 115 Å². The second-order valence-corrected chi connectivity index (χ2v) is 28.8. The van der Waals surface area contributed by atoms with E-state index in [1.54, 1.807) is 100 Å². The van der Waals surface area contributed by atoms with Gasteiger partial charge in [-0.1, -0.05) is 128 Å². The van der Waals surface area contributed by atoms with Gasteiger partial charge >= 0.3 is 0 Å². The van der Waals surface area contributed by atoms with Gasteiger partial charge in [-0.25, -0.2) is 16.8 Å². The van der Waals surface area contributed by atoms with Crippen LogP contribution >= 0.6 is 14.5 Å². The van der Waals surface area contributed by atoms with Gasteiger partial charge in [0, 0.05) is 14.5 Å². The van der Waals surface area contributed by atoms with Gasteiger partial charge in [0.15, 0.2) is 0 Å². The fourth-order valence-corrected chi connectivity index (χ4v) is 19.8. The summed E-state index contributed by atoms with van der Waals surface area (Å²) in [6, 6.07) is 9.24. The Morgan fingerprint density at radius 3 is 0.810 bits per heavy atom. The Kier molecular flexibility index (Phi) is 31.4. The molecule has 338 valence electrons. The molecule has 0 amide bonds. The molecule has 0 saturated heterocycles. The number of hydrogen-bond acceptors (Lipinski definition) is 6. The molecule has 2 aromatic rings. The van der Waals surface area contributed by atoms with E-state index in [2.05, 4.69) is 41.5 Å². The molecule has 2 aromatic carbocycles. The highest BCUT2D eigenvalue weighted by atomic mass is 32.2. The van der Waals surface area contributed by atoms with Gasteiger partial charge in [0.2, 0.25) is 0 Å². The van der Waals surface area contributed by atoms with Gasteiger partial charge in [-0.2, -0.15) is 0 Å². The minimum Gasteiger partial charge on any atom is -0.744 e. The minimum absolute atomic E-state index is 0.131. The summed E-state index contributed by atoms with van der Waals surface area (Å²) >= 11 is 0. The van der Waals surface area contributed by atoms with E-state index < -0.39 is 34.8 Å². The van der Waals surface area contributed by atoms with Crippen LogP contribution in [0.25, 0.3) is 0 Å². The molecule has 0 saturated carbocycles. The smallest absolute Gasteiger partial charge is 0.124 e. The number of unbranched alkanes of at least 4 members (excludes halogenated alkanes) is 11. The van der Waals surface area contributed by atoms with Gasteiger partial charge in [-0.3, -0.25) is 0 Å². The molecular formula is C48H88O6P2S2. The van der Waals surface area contributed by atoms with Crippen molar-refractivity contribution in [1.29, 1.82) is 0 Å². The molecular weight excluding hydrogens is 799 g/mol. The topological polar surface area (TPSA) is 114 Å². The lowest BCUT2D eigenvalue weighted by molar-refractivity contribution is 0.460. The van der Waals surface area contributed by atoms with E-state index in [-0.39, 0.29) is 9.79 Å². The molecule has 0 aliphatic heterocycles. The molecule has 0 bridgehead atoms. The predicted molar refractivity (Wildman–Crippen MR) is 258 cm³/mol. The molecule has 0 atom stereocenters. The first-order valence-electron chi connectivity index (χ1n) is 23.2. The van der Waals surface area contributed by atoms with Crippen molar-refractivity contribution in [3.8, 4) is 0 Å². The van der Waals surface area contributed by atoms with Crippen molar-refractivity contribution in [2.24, 2.45) is 0 Å². The van der Waals surface area contributed by atoms with Gasteiger partial charge in [0.1, 0.15) is 20.2 Å². The maximum atomic E-state index is 10.6. The molecule has 0 heterocycles. The number of hydrogen-bond donors (Lipinski definition) is 0. The Hall–Kier alpha value is -0.880. The normalized spacial score (nSPS) is 12.1. The van der Waals surface area contributed by atoms with E-state index in [0.29, 0.717) is 11.1 Å². The lowest BCUT2D eigenvalue weighted by atomic mass is 10.1. The van der Waals surface area contributed by atoms with E-state index in [9.17, 15) is 25.9 Å². The molecule has 10 heteroatoms. The third-order valence-electron chi connectivity index (χ3n) is 11.6. The van der Waals surface area contributed by atoms with Crippen molar-refractivity contribution in [3.63, 3.8) is 0 Å². The molecule has 6 nitrogen and oxygen atoms in total. The molecule has 0 aliphatic rings. The van der Waals surface area contributed by atoms with Crippen LogP contribution in [-0.2, 0) is 20.2 Å². The summed E-state index contributed by atoms with van der Waals surface area (Å²) in [5.74, 6) is 0. The summed E-state index contributed by atoms with van der Waals surface area (Å²) in [6.07, 6.45) is 39.5. The van der Waals surface area contributed by atoms with Crippen molar-refractivity contribution in [2.45, 2.75) is 195 Å². The number of rotatable bonds is 29. The summed E-state index contributed by atoms with van der Waals surface area (Å²) in [5.41, 5.74) is 2.90. The number of benzene rings is 2. The van der Waals surface area contributed by atoms with Crippen molar-refractivity contribution in [3.05, 3.63) is 58.7 Å². The second-order valence-electron chi connectivity index (χ2n) is 17.2. The lowest BCUT2D eigenvalue weighted by Crippen LogP contribution is -2.13. The summed E-state index contributed by atoms with van der Waals surface area (Å²) in [4.78, 5) is -0.263. The molecule has 0 unspecified atom stereocenters. The molecule has 0 aliphatic carbocycles. The van der Waals surface area contributed by atoms with Crippen LogP contribution in [0.15, 0.2) is 46.2 Å². The average Bonchev–Trinajstić information content (AvgIpc) is 3.16. The van der Waals surface area contributed by atoms with E-state index in [1.807, 2.05) is 13.8 Å². The van der Waals surface area contributed by atoms with Crippen molar-refractivity contribution >= 4 is 34.8 Å². The highest BCUT2D eigenvalue weighted by Crippen LogP contribution is 2.62. The monoisotopic (exact) mass is 887 g/mol. The second kappa shape index (κ2) is 31.9. The van der Waals surface area contributed by atoms with Crippen LogP contribution in [-0.4, -0.2) is 75.2 Å². The van der Waals surface area contributed by atoms with Gasteiger partial charge in [-0.05, 0) is 115 Å². The SMILES string of the molecule is CCCC[P+](CCCC)(CCCC)CCCCCCCC[P+](CCCC)(CCCC)CCCC.Cc1ccc(S(=O)(=O)[O-])c(C)c1.Cc1ccc(S(=O)(=O)[O-])c(C)c1. The summed E-state index contributed by atoms with van der Waals surface area (Å²) in [5, 5.41) is 0. The van der Waals surface area contributed by atoms with Crippen LogP contribution in [0.5, 0.6) is 0 Å². The average molecular weight is 887 g/mol. The van der Waals surface area contributed by atoms with Gasteiger partial charge in [0.05, 0.1) is 59.1 Å². The zero-order chi connectivity index (χ0) is 44.1. The molecule has 0 aromatic heterocycles. The van der Waals surface area contributed by atoms with Gasteiger partial charge in [-0.15, -0.1) is 0 Å². The van der Waals surface area contributed by atoms with Crippen molar-refractivity contribution < 1.29 is 25.9 Å². The summed E-state index contributed by atoms with van der Waals surface area (Å²) < 4.78 is 63.7. The maximum absolute atomic E-state index is 10.6. The van der Waals surface area contributed by atoms with E-state index >= 15 is 0 Å². The Balaban J connectivity index is 0.00000108. The van der Waals surface area contributed by atoms with Crippen LogP contribution < -0.4 is 0 Å². The minimum atomic E-state index is -4.30. The van der Waals surface area contributed by atoms with Crippen LogP contribution in [0.3, 0.4) is 0 Å². The van der Waals surface area contributed by atoms with E-state index in [0.717, 1.165) is 11.1 Å².